The van der Waals surface area contributed by atoms with Crippen molar-refractivity contribution < 1.29 is 21.6 Å². The minimum absolute atomic E-state index is 0.0360. The van der Waals surface area contributed by atoms with E-state index in [-0.39, 0.29) is 18.4 Å². The minimum Gasteiger partial charge on any atom is -0.541 e. The number of fused-ring (bicyclic) bond motifs is 4. The van der Waals surface area contributed by atoms with Crippen molar-refractivity contribution in [1.82, 2.24) is 0 Å². The van der Waals surface area contributed by atoms with Crippen molar-refractivity contribution in [2.24, 2.45) is 29.6 Å². The summed E-state index contributed by atoms with van der Waals surface area (Å²) in [4.78, 5) is 0. The molecule has 0 aromatic carbocycles. The van der Waals surface area contributed by atoms with Crippen LogP contribution in [0.15, 0.2) is 0 Å². The molecule has 3 aliphatic rings. The van der Waals surface area contributed by atoms with Crippen molar-refractivity contribution in [2.75, 3.05) is 6.54 Å². The lowest BCUT2D eigenvalue weighted by molar-refractivity contribution is -0.0429. The molecule has 3 atom stereocenters. The second kappa shape index (κ2) is 5.48. The molecule has 0 heterocycles. The Morgan fingerprint density at radius 1 is 1.10 bits per heavy atom. The third kappa shape index (κ3) is 3.30. The van der Waals surface area contributed by atoms with Gasteiger partial charge in [-0.25, -0.2) is 8.42 Å². The van der Waals surface area contributed by atoms with Crippen LogP contribution in [0.3, 0.4) is 0 Å². The first-order valence-electron chi connectivity index (χ1n) is 7.10. The van der Waals surface area contributed by atoms with Gasteiger partial charge < -0.3 is 4.72 Å². The normalized spacial score (nSPS) is 38.8. The van der Waals surface area contributed by atoms with E-state index in [9.17, 15) is 21.6 Å². The van der Waals surface area contributed by atoms with Gasteiger partial charge in [-0.3, -0.25) is 0 Å². The van der Waals surface area contributed by atoms with E-state index in [4.69, 9.17) is 0 Å². The SMILES string of the molecule is CC1CC2CC(C2)C(C[N-]S(=O)(=O)C(F)(F)F)C(C)C1. The zero-order valence-electron chi connectivity index (χ0n) is 11.7. The van der Waals surface area contributed by atoms with Crippen molar-refractivity contribution >= 4 is 10.0 Å². The number of halogens is 3. The molecule has 0 saturated heterocycles. The molecule has 0 aromatic rings. The smallest absolute Gasteiger partial charge is 0.480 e. The second-order valence-corrected chi connectivity index (χ2v) is 8.22. The van der Waals surface area contributed by atoms with E-state index in [0.29, 0.717) is 17.8 Å². The standard InChI is InChI=1S/C13H21F3NO2S/c1-8-3-9(2)12(11-5-10(4-8)6-11)7-17-20(18,19)13(14,15)16/h8-12H,3-7H2,1-2H3/q-1. The molecule has 3 aliphatic carbocycles. The molecular weight excluding hydrogens is 291 g/mol. The average Bonchev–Trinajstić information content (AvgIpc) is 2.21. The Kier molecular flexibility index (Phi) is 4.40. The first-order chi connectivity index (χ1) is 9.10. The largest absolute Gasteiger partial charge is 0.541 e. The molecular formula is C13H21F3NO2S-. The summed E-state index contributed by atoms with van der Waals surface area (Å²) in [7, 11) is -5.34. The molecule has 3 nitrogen and oxygen atoms in total. The maximum absolute atomic E-state index is 12.3. The fourth-order valence-electron chi connectivity index (χ4n) is 3.86. The first-order valence-corrected chi connectivity index (χ1v) is 8.54. The van der Waals surface area contributed by atoms with Crippen LogP contribution in [0.25, 0.3) is 4.72 Å². The monoisotopic (exact) mass is 312 g/mol. The van der Waals surface area contributed by atoms with Gasteiger partial charge in [-0.1, -0.05) is 19.8 Å². The van der Waals surface area contributed by atoms with Crippen LogP contribution in [0.5, 0.6) is 0 Å². The van der Waals surface area contributed by atoms with E-state index >= 15 is 0 Å². The Bertz CT molecular complexity index is 443. The highest BCUT2D eigenvalue weighted by Gasteiger charge is 2.42. The van der Waals surface area contributed by atoms with E-state index in [2.05, 4.69) is 11.6 Å². The summed E-state index contributed by atoms with van der Waals surface area (Å²) in [5, 5.41) is 0. The Labute approximate surface area is 118 Å². The number of sulfonamides is 1. The predicted octanol–water partition coefficient (Wildman–Crippen LogP) is 3.92. The van der Waals surface area contributed by atoms with Gasteiger partial charge in [0.25, 0.3) is 0 Å². The lowest BCUT2D eigenvalue weighted by Gasteiger charge is -2.49. The van der Waals surface area contributed by atoms with Gasteiger partial charge in [0.2, 0.25) is 0 Å². The van der Waals surface area contributed by atoms with Crippen LogP contribution >= 0.6 is 0 Å². The molecule has 0 aliphatic heterocycles. The zero-order valence-corrected chi connectivity index (χ0v) is 12.5. The molecule has 3 rings (SSSR count). The summed E-state index contributed by atoms with van der Waals surface area (Å²) < 4.78 is 62.1. The molecule has 0 aromatic heterocycles. The summed E-state index contributed by atoms with van der Waals surface area (Å²) >= 11 is 0. The summed E-state index contributed by atoms with van der Waals surface area (Å²) in [6, 6.07) is 0. The molecule has 0 radical (unpaired) electrons. The predicted molar refractivity (Wildman–Crippen MR) is 70.5 cm³/mol. The topological polar surface area (TPSA) is 48.2 Å². The molecule has 0 spiro atoms. The van der Waals surface area contributed by atoms with Crippen LogP contribution < -0.4 is 0 Å². The highest BCUT2D eigenvalue weighted by atomic mass is 32.2. The number of rotatable bonds is 3. The van der Waals surface area contributed by atoms with E-state index in [1.54, 1.807) is 0 Å². The zero-order chi connectivity index (χ0) is 15.1. The van der Waals surface area contributed by atoms with Crippen LogP contribution in [-0.2, 0) is 10.0 Å². The summed E-state index contributed by atoms with van der Waals surface area (Å²) in [6.07, 6.45) is 4.16. The summed E-state index contributed by atoms with van der Waals surface area (Å²) in [5.74, 6) is 1.76. The van der Waals surface area contributed by atoms with Crippen molar-refractivity contribution in [3.63, 3.8) is 0 Å². The lowest BCUT2D eigenvalue weighted by atomic mass is 9.59. The van der Waals surface area contributed by atoms with E-state index < -0.39 is 15.5 Å². The van der Waals surface area contributed by atoms with Gasteiger partial charge in [0.15, 0.2) is 10.0 Å². The van der Waals surface area contributed by atoms with Crippen LogP contribution in [0.2, 0.25) is 0 Å². The van der Waals surface area contributed by atoms with Gasteiger partial charge in [-0.2, -0.15) is 13.2 Å². The molecule has 118 valence electrons. The maximum Gasteiger partial charge on any atom is 0.480 e. The third-order valence-corrected chi connectivity index (χ3v) is 5.94. The number of hydrogen-bond acceptors (Lipinski definition) is 2. The van der Waals surface area contributed by atoms with Crippen LogP contribution in [0, 0.1) is 29.6 Å². The number of nitrogens with zero attached hydrogens (tertiary/aromatic N) is 1. The van der Waals surface area contributed by atoms with Gasteiger partial charge in [0.1, 0.15) is 0 Å². The van der Waals surface area contributed by atoms with Crippen LogP contribution in [-0.4, -0.2) is 20.5 Å². The highest BCUT2D eigenvalue weighted by molar-refractivity contribution is 7.94. The summed E-state index contributed by atoms with van der Waals surface area (Å²) in [5.41, 5.74) is -5.27. The molecule has 3 unspecified atom stereocenters. The fourth-order valence-corrected chi connectivity index (χ4v) is 4.37. The minimum atomic E-state index is -5.34. The molecule has 0 N–H and O–H groups in total. The first kappa shape index (κ1) is 16.1. The quantitative estimate of drug-likeness (QED) is 0.793. The van der Waals surface area contributed by atoms with Gasteiger partial charge in [0, 0.05) is 0 Å². The second-order valence-electron chi connectivity index (χ2n) is 6.55. The molecule has 3 fully saturated rings. The fraction of sp³-hybridized carbons (Fsp3) is 1.00. The molecule has 7 heteroatoms. The van der Waals surface area contributed by atoms with Gasteiger partial charge in [0.05, 0.1) is 0 Å². The molecule has 2 bridgehead atoms. The Balaban J connectivity index is 2.00. The lowest BCUT2D eigenvalue weighted by Crippen LogP contribution is -2.40. The van der Waals surface area contributed by atoms with Crippen LogP contribution in [0.4, 0.5) is 13.2 Å². The number of hydrogen-bond donors (Lipinski definition) is 0. The van der Waals surface area contributed by atoms with Crippen LogP contribution in [0.1, 0.15) is 39.5 Å². The van der Waals surface area contributed by atoms with Crippen molar-refractivity contribution in [3.8, 4) is 0 Å². The average molecular weight is 312 g/mol. The summed E-state index contributed by atoms with van der Waals surface area (Å²) in [6.45, 7) is 3.96. The van der Waals surface area contributed by atoms with Gasteiger partial charge >= 0.3 is 5.51 Å². The van der Waals surface area contributed by atoms with Gasteiger partial charge in [-0.15, -0.1) is 6.54 Å². The van der Waals surface area contributed by atoms with E-state index in [1.807, 2.05) is 6.92 Å². The van der Waals surface area contributed by atoms with Crippen molar-refractivity contribution in [1.29, 1.82) is 0 Å². The molecule has 20 heavy (non-hydrogen) atoms. The Morgan fingerprint density at radius 3 is 2.25 bits per heavy atom. The Morgan fingerprint density at radius 2 is 1.70 bits per heavy atom. The Hall–Kier alpha value is -0.300. The van der Waals surface area contributed by atoms with Gasteiger partial charge in [-0.05, 0) is 49.4 Å². The highest BCUT2D eigenvalue weighted by Crippen LogP contribution is 2.49. The molecule has 3 saturated carbocycles. The van der Waals surface area contributed by atoms with E-state index in [1.165, 1.54) is 6.42 Å². The number of alkyl halides is 3. The van der Waals surface area contributed by atoms with Crippen molar-refractivity contribution in [2.45, 2.75) is 45.0 Å². The molecule has 0 amide bonds. The van der Waals surface area contributed by atoms with E-state index in [0.717, 1.165) is 19.3 Å². The maximum atomic E-state index is 12.3. The van der Waals surface area contributed by atoms with Crippen molar-refractivity contribution in [3.05, 3.63) is 4.72 Å². The third-order valence-electron chi connectivity index (χ3n) is 4.87.